The van der Waals surface area contributed by atoms with Gasteiger partial charge in [0.1, 0.15) is 6.04 Å². The lowest BCUT2D eigenvalue weighted by molar-refractivity contribution is -0.964. The summed E-state index contributed by atoms with van der Waals surface area (Å²) >= 11 is 0. The molecular weight excluding hydrogens is 258 g/mol. The molecule has 0 spiro atoms. The fraction of sp³-hybridized carbons (Fsp3) is 0.474. The number of hydrogen-bond donors (Lipinski definition) is 1. The maximum absolute atomic E-state index is 9.79. The van der Waals surface area contributed by atoms with E-state index in [1.807, 2.05) is 6.07 Å². The molecule has 1 aromatic carbocycles. The van der Waals surface area contributed by atoms with Gasteiger partial charge in [0.25, 0.3) is 0 Å². The second kappa shape index (κ2) is 6.17. The van der Waals surface area contributed by atoms with Crippen molar-refractivity contribution in [3.63, 3.8) is 0 Å². The van der Waals surface area contributed by atoms with Gasteiger partial charge < -0.3 is 9.59 Å². The second-order valence-corrected chi connectivity index (χ2v) is 6.64. The fourth-order valence-corrected chi connectivity index (χ4v) is 4.29. The molecule has 3 saturated heterocycles. The van der Waals surface area contributed by atoms with Crippen LogP contribution in [0.4, 0.5) is 0 Å². The van der Waals surface area contributed by atoms with Crippen molar-refractivity contribution in [2.75, 3.05) is 26.2 Å². The number of fused-ring (bicyclic) bond motifs is 3. The molecular formula is C19H26NO+. The van der Waals surface area contributed by atoms with Gasteiger partial charge in [-0.3, -0.25) is 0 Å². The molecule has 21 heavy (non-hydrogen) atoms. The van der Waals surface area contributed by atoms with Crippen LogP contribution < -0.4 is 0 Å². The van der Waals surface area contributed by atoms with Gasteiger partial charge in [-0.1, -0.05) is 42.5 Å². The molecule has 1 aromatic rings. The van der Waals surface area contributed by atoms with Gasteiger partial charge in [0.05, 0.1) is 26.2 Å². The first-order chi connectivity index (χ1) is 10.3. The molecule has 0 amide bonds. The van der Waals surface area contributed by atoms with Crippen molar-refractivity contribution in [3.05, 3.63) is 54.6 Å². The van der Waals surface area contributed by atoms with Crippen LogP contribution in [-0.4, -0.2) is 41.9 Å². The molecule has 4 atom stereocenters. The van der Waals surface area contributed by atoms with E-state index in [-0.39, 0.29) is 0 Å². The van der Waals surface area contributed by atoms with Crippen molar-refractivity contribution >= 4 is 6.08 Å². The smallest absolute Gasteiger partial charge is 0.113 e. The normalized spacial score (nSPS) is 35.2. The first-order valence-corrected chi connectivity index (χ1v) is 8.08. The fourth-order valence-electron chi connectivity index (χ4n) is 4.29. The van der Waals surface area contributed by atoms with Crippen molar-refractivity contribution in [3.8, 4) is 0 Å². The molecule has 0 saturated carbocycles. The molecule has 3 heterocycles. The molecule has 2 heteroatoms. The number of rotatable bonds is 5. The van der Waals surface area contributed by atoms with Gasteiger partial charge in [-0.2, -0.15) is 0 Å². The molecule has 3 aliphatic rings. The molecule has 0 radical (unpaired) electrons. The van der Waals surface area contributed by atoms with Crippen molar-refractivity contribution in [2.45, 2.75) is 18.9 Å². The Hall–Kier alpha value is -1.38. The predicted molar refractivity (Wildman–Crippen MR) is 87.6 cm³/mol. The molecule has 3 fully saturated rings. The number of aliphatic hydroxyl groups excluding tert-OH is 1. The third kappa shape index (κ3) is 2.83. The second-order valence-electron chi connectivity index (χ2n) is 6.64. The standard InChI is InChI=1S/C19H26NO/c1-2-17-14-20(12-10-18(17)13-19(20)15-21)11-6-9-16-7-4-3-5-8-16/h2-9,17-19,21H,1,10-15H2/q+1/b9-6+/t17-,18?,19+,20?/m0/s1. The Kier molecular flexibility index (Phi) is 4.27. The zero-order valence-electron chi connectivity index (χ0n) is 12.7. The topological polar surface area (TPSA) is 20.2 Å². The van der Waals surface area contributed by atoms with Gasteiger partial charge in [0.2, 0.25) is 0 Å². The van der Waals surface area contributed by atoms with E-state index in [2.05, 4.69) is 49.1 Å². The minimum atomic E-state index is 0.319. The largest absolute Gasteiger partial charge is 0.390 e. The number of nitrogens with zero attached hydrogens (tertiary/aromatic N) is 1. The molecule has 112 valence electrons. The monoisotopic (exact) mass is 284 g/mol. The Morgan fingerprint density at radius 3 is 2.81 bits per heavy atom. The van der Waals surface area contributed by atoms with Gasteiger partial charge in [-0.05, 0) is 17.6 Å². The van der Waals surface area contributed by atoms with Crippen LogP contribution in [0.2, 0.25) is 0 Å². The maximum atomic E-state index is 9.79. The zero-order chi connectivity index (χ0) is 14.7. The van der Waals surface area contributed by atoms with Crippen molar-refractivity contribution in [1.82, 2.24) is 0 Å². The summed E-state index contributed by atoms with van der Waals surface area (Å²) in [5.74, 6) is 1.38. The van der Waals surface area contributed by atoms with E-state index < -0.39 is 0 Å². The number of aliphatic hydroxyl groups is 1. The van der Waals surface area contributed by atoms with Gasteiger partial charge in [0.15, 0.2) is 0 Å². The van der Waals surface area contributed by atoms with Crippen LogP contribution in [0, 0.1) is 11.8 Å². The summed E-state index contributed by atoms with van der Waals surface area (Å²) in [7, 11) is 0. The van der Waals surface area contributed by atoms with Crippen molar-refractivity contribution < 1.29 is 9.59 Å². The third-order valence-electron chi connectivity index (χ3n) is 5.57. The lowest BCUT2D eigenvalue weighted by Crippen LogP contribution is -2.67. The van der Waals surface area contributed by atoms with Crippen LogP contribution in [0.1, 0.15) is 18.4 Å². The van der Waals surface area contributed by atoms with Crippen LogP contribution in [0.25, 0.3) is 6.08 Å². The Morgan fingerprint density at radius 1 is 1.29 bits per heavy atom. The summed E-state index contributed by atoms with van der Waals surface area (Å²) in [6, 6.07) is 10.9. The van der Waals surface area contributed by atoms with E-state index in [1.165, 1.54) is 18.5 Å². The van der Waals surface area contributed by atoms with Crippen molar-refractivity contribution in [1.29, 1.82) is 0 Å². The highest BCUT2D eigenvalue weighted by Crippen LogP contribution is 2.42. The van der Waals surface area contributed by atoms with Gasteiger partial charge in [0, 0.05) is 18.8 Å². The van der Waals surface area contributed by atoms with Gasteiger partial charge in [-0.15, -0.1) is 6.58 Å². The maximum Gasteiger partial charge on any atom is 0.113 e. The lowest BCUT2D eigenvalue weighted by atomic mass is 9.73. The highest BCUT2D eigenvalue weighted by atomic mass is 16.3. The van der Waals surface area contributed by atoms with E-state index in [4.69, 9.17) is 0 Å². The first kappa shape index (κ1) is 14.6. The van der Waals surface area contributed by atoms with E-state index in [0.717, 1.165) is 29.9 Å². The molecule has 4 rings (SSSR count). The minimum absolute atomic E-state index is 0.319. The number of piperidine rings is 3. The molecule has 2 bridgehead atoms. The minimum Gasteiger partial charge on any atom is -0.390 e. The molecule has 2 nitrogen and oxygen atoms in total. The lowest BCUT2D eigenvalue weighted by Gasteiger charge is -2.56. The molecule has 0 aliphatic carbocycles. The quantitative estimate of drug-likeness (QED) is 0.651. The summed E-state index contributed by atoms with van der Waals surface area (Å²) in [5.41, 5.74) is 1.25. The Balaban J connectivity index is 1.74. The van der Waals surface area contributed by atoms with Crippen LogP contribution in [-0.2, 0) is 0 Å². The van der Waals surface area contributed by atoms with Gasteiger partial charge >= 0.3 is 0 Å². The van der Waals surface area contributed by atoms with E-state index in [1.54, 1.807) is 0 Å². The Bertz CT molecular complexity index is 510. The van der Waals surface area contributed by atoms with E-state index in [0.29, 0.717) is 18.6 Å². The molecule has 1 N–H and O–H groups in total. The number of quaternary nitrogens is 1. The molecule has 2 unspecified atom stereocenters. The Labute approximate surface area is 128 Å². The summed E-state index contributed by atoms with van der Waals surface area (Å²) in [4.78, 5) is 0. The number of hydrogen-bond acceptors (Lipinski definition) is 1. The summed E-state index contributed by atoms with van der Waals surface area (Å²) in [6.07, 6.45) is 9.10. The van der Waals surface area contributed by atoms with Crippen LogP contribution in [0.5, 0.6) is 0 Å². The highest BCUT2D eigenvalue weighted by Gasteiger charge is 2.50. The SMILES string of the molecule is C=C[C@H]1C[N+]2(C/C=C/c3ccccc3)CCC1C[C@@H]2CO. The zero-order valence-corrected chi connectivity index (χ0v) is 12.7. The number of benzene rings is 1. The first-order valence-electron chi connectivity index (χ1n) is 8.08. The summed E-state index contributed by atoms with van der Waals surface area (Å²) in [5, 5.41) is 9.79. The van der Waals surface area contributed by atoms with Crippen LogP contribution >= 0.6 is 0 Å². The van der Waals surface area contributed by atoms with E-state index in [9.17, 15) is 5.11 Å². The third-order valence-corrected chi connectivity index (χ3v) is 5.57. The predicted octanol–water partition coefficient (Wildman–Crippen LogP) is 3.10. The Morgan fingerprint density at radius 2 is 2.10 bits per heavy atom. The molecule has 0 aromatic heterocycles. The molecule has 3 aliphatic heterocycles. The van der Waals surface area contributed by atoms with Crippen molar-refractivity contribution in [2.24, 2.45) is 11.8 Å². The highest BCUT2D eigenvalue weighted by molar-refractivity contribution is 5.48. The average molecular weight is 284 g/mol. The summed E-state index contributed by atoms with van der Waals surface area (Å²) in [6.45, 7) is 7.73. The summed E-state index contributed by atoms with van der Waals surface area (Å²) < 4.78 is 1.05. The average Bonchev–Trinajstić information content (AvgIpc) is 2.55. The van der Waals surface area contributed by atoms with Crippen LogP contribution in [0.15, 0.2) is 49.1 Å². The van der Waals surface area contributed by atoms with Crippen LogP contribution in [0.3, 0.4) is 0 Å². The van der Waals surface area contributed by atoms with E-state index >= 15 is 0 Å². The van der Waals surface area contributed by atoms with Gasteiger partial charge in [-0.25, -0.2) is 0 Å².